The molecule has 0 saturated carbocycles. The van der Waals surface area contributed by atoms with Crippen molar-refractivity contribution < 1.29 is 4.42 Å². The highest BCUT2D eigenvalue weighted by Gasteiger charge is 2.23. The zero-order valence-electron chi connectivity index (χ0n) is 27.6. The molecule has 0 N–H and O–H groups in total. The van der Waals surface area contributed by atoms with Crippen molar-refractivity contribution in [2.75, 3.05) is 0 Å². The van der Waals surface area contributed by atoms with Gasteiger partial charge in [0.25, 0.3) is 0 Å². The third-order valence-electron chi connectivity index (χ3n) is 10.5. The summed E-state index contributed by atoms with van der Waals surface area (Å²) in [4.78, 5) is 0. The minimum atomic E-state index is 0.891. The van der Waals surface area contributed by atoms with Crippen molar-refractivity contribution in [1.82, 2.24) is 9.13 Å². The maximum atomic E-state index is 6.46. The number of hydrogen-bond acceptors (Lipinski definition) is 1. The molecule has 3 aromatic heterocycles. The van der Waals surface area contributed by atoms with Gasteiger partial charge in [0.1, 0.15) is 11.2 Å². The Balaban J connectivity index is 1.27. The van der Waals surface area contributed by atoms with Gasteiger partial charge in [-0.15, -0.1) is 0 Å². The second kappa shape index (κ2) is 10.8. The molecule has 3 heterocycles. The lowest BCUT2D eigenvalue weighted by Gasteiger charge is -2.21. The Morgan fingerprint density at radius 3 is 1.61 bits per heavy atom. The molecular weight excluding hydrogens is 621 g/mol. The molecule has 0 radical (unpaired) electrons. The molecule has 0 aliphatic rings. The summed E-state index contributed by atoms with van der Waals surface area (Å²) in [6, 6.07) is 65.5. The predicted octanol–water partition coefficient (Wildman–Crippen LogP) is 13.1. The lowest BCUT2D eigenvalue weighted by atomic mass is 9.94. The fourth-order valence-electron chi connectivity index (χ4n) is 8.36. The van der Waals surface area contributed by atoms with E-state index in [-0.39, 0.29) is 0 Å². The van der Waals surface area contributed by atoms with Crippen molar-refractivity contribution in [2.24, 2.45) is 0 Å². The molecule has 3 heteroatoms. The normalized spacial score (nSPS) is 11.9. The van der Waals surface area contributed by atoms with Gasteiger partial charge in [-0.3, -0.25) is 0 Å². The number of nitrogens with zero attached hydrogens (tertiary/aromatic N) is 2. The van der Waals surface area contributed by atoms with Crippen LogP contribution in [0.5, 0.6) is 0 Å². The number of furan rings is 1. The first kappa shape index (κ1) is 28.0. The van der Waals surface area contributed by atoms with Crippen LogP contribution in [0.25, 0.3) is 99.2 Å². The summed E-state index contributed by atoms with van der Waals surface area (Å²) in [5.74, 6) is 0. The molecule has 0 spiro atoms. The third kappa shape index (κ3) is 4.06. The summed E-state index contributed by atoms with van der Waals surface area (Å²) in [6.07, 6.45) is 0. The van der Waals surface area contributed by atoms with E-state index < -0.39 is 0 Å². The van der Waals surface area contributed by atoms with Gasteiger partial charge in [-0.2, -0.15) is 0 Å². The van der Waals surface area contributed by atoms with Crippen molar-refractivity contribution >= 4 is 65.6 Å². The van der Waals surface area contributed by atoms with Gasteiger partial charge >= 0.3 is 0 Å². The molecule has 0 atom stereocenters. The Labute approximate surface area is 293 Å². The fourth-order valence-corrected chi connectivity index (χ4v) is 8.36. The molecule has 3 nitrogen and oxygen atoms in total. The zero-order valence-corrected chi connectivity index (χ0v) is 27.6. The largest absolute Gasteiger partial charge is 0.456 e. The highest BCUT2D eigenvalue weighted by atomic mass is 16.3. The van der Waals surface area contributed by atoms with E-state index in [1.807, 2.05) is 6.07 Å². The molecule has 0 bridgehead atoms. The van der Waals surface area contributed by atoms with Gasteiger partial charge in [0.15, 0.2) is 0 Å². The van der Waals surface area contributed by atoms with E-state index in [1.165, 1.54) is 43.7 Å². The highest BCUT2D eigenvalue weighted by Crippen LogP contribution is 2.45. The number of benzene rings is 8. The minimum absolute atomic E-state index is 0.891. The zero-order chi connectivity index (χ0) is 33.5. The van der Waals surface area contributed by atoms with Crippen LogP contribution < -0.4 is 0 Å². The molecule has 238 valence electrons. The number of para-hydroxylation sites is 6. The van der Waals surface area contributed by atoms with E-state index in [4.69, 9.17) is 4.42 Å². The van der Waals surface area contributed by atoms with Gasteiger partial charge in [0.05, 0.1) is 33.4 Å². The van der Waals surface area contributed by atoms with Crippen LogP contribution in [0.1, 0.15) is 0 Å². The Morgan fingerprint density at radius 2 is 0.863 bits per heavy atom. The van der Waals surface area contributed by atoms with Gasteiger partial charge in [-0.25, -0.2) is 0 Å². The average Bonchev–Trinajstić information content (AvgIpc) is 3.84. The number of fused-ring (bicyclic) bond motifs is 9. The lowest BCUT2D eigenvalue weighted by molar-refractivity contribution is 0.669. The fraction of sp³-hybridized carbons (Fsp3) is 0. The molecule has 0 amide bonds. The highest BCUT2D eigenvalue weighted by molar-refractivity contribution is 6.18. The molecule has 51 heavy (non-hydrogen) atoms. The van der Waals surface area contributed by atoms with Crippen LogP contribution in [0.2, 0.25) is 0 Å². The molecule has 11 rings (SSSR count). The average molecular weight is 651 g/mol. The van der Waals surface area contributed by atoms with E-state index in [0.29, 0.717) is 0 Å². The monoisotopic (exact) mass is 650 g/mol. The van der Waals surface area contributed by atoms with Crippen LogP contribution in [0.15, 0.2) is 186 Å². The van der Waals surface area contributed by atoms with Crippen LogP contribution in [-0.2, 0) is 0 Å². The molecule has 0 fully saturated rings. The van der Waals surface area contributed by atoms with Gasteiger partial charge in [-0.05, 0) is 42.0 Å². The summed E-state index contributed by atoms with van der Waals surface area (Å²) >= 11 is 0. The first-order valence-electron chi connectivity index (χ1n) is 17.4. The summed E-state index contributed by atoms with van der Waals surface area (Å²) in [5.41, 5.74) is 13.4. The molecule has 0 aliphatic carbocycles. The Hall–Kier alpha value is -6.84. The number of hydrogen-bond donors (Lipinski definition) is 0. The second-order valence-corrected chi connectivity index (χ2v) is 13.3. The standard InChI is InChI=1S/C48H30N2O/c1-2-15-31(16-3-1)32-22-14-23-38(48(32)50-43-26-11-4-17-33(43)34-18-5-12-27-44(34)50)35-19-6-9-24-41(35)49-42-25-10-7-20-36(42)39-29-40-37-21-8-13-28-46(37)51-47(40)30-45(39)49/h1-30H. The molecular formula is C48H30N2O. The lowest BCUT2D eigenvalue weighted by Crippen LogP contribution is -2.03. The summed E-state index contributed by atoms with van der Waals surface area (Å²) in [7, 11) is 0. The number of aromatic nitrogens is 2. The van der Waals surface area contributed by atoms with E-state index in [0.717, 1.165) is 55.5 Å². The Kier molecular flexibility index (Phi) is 5.96. The van der Waals surface area contributed by atoms with Crippen LogP contribution in [0.4, 0.5) is 0 Å². The molecule has 11 aromatic rings. The topological polar surface area (TPSA) is 23.0 Å². The SMILES string of the molecule is c1ccc(-c2cccc(-c3ccccc3-n3c4ccccc4c4cc5c(cc43)oc3ccccc35)c2-n2c3ccccc3c3ccccc32)cc1. The Morgan fingerprint density at radius 1 is 0.314 bits per heavy atom. The smallest absolute Gasteiger partial charge is 0.137 e. The van der Waals surface area contributed by atoms with Crippen LogP contribution in [-0.4, -0.2) is 9.13 Å². The van der Waals surface area contributed by atoms with E-state index in [9.17, 15) is 0 Å². The van der Waals surface area contributed by atoms with Gasteiger partial charge in [0, 0.05) is 55.1 Å². The van der Waals surface area contributed by atoms with E-state index >= 15 is 0 Å². The van der Waals surface area contributed by atoms with Crippen molar-refractivity contribution in [3.05, 3.63) is 182 Å². The van der Waals surface area contributed by atoms with Gasteiger partial charge in [0.2, 0.25) is 0 Å². The summed E-state index contributed by atoms with van der Waals surface area (Å²) in [5, 5.41) is 7.19. The molecule has 0 unspecified atom stereocenters. The van der Waals surface area contributed by atoms with Crippen LogP contribution >= 0.6 is 0 Å². The van der Waals surface area contributed by atoms with Crippen LogP contribution in [0, 0.1) is 0 Å². The van der Waals surface area contributed by atoms with Crippen molar-refractivity contribution in [3.8, 4) is 33.6 Å². The first-order chi connectivity index (χ1) is 25.3. The van der Waals surface area contributed by atoms with Crippen molar-refractivity contribution in [1.29, 1.82) is 0 Å². The molecule has 8 aromatic carbocycles. The second-order valence-electron chi connectivity index (χ2n) is 13.3. The number of rotatable bonds is 4. The maximum absolute atomic E-state index is 6.46. The quantitative estimate of drug-likeness (QED) is 0.186. The Bertz CT molecular complexity index is 3090. The van der Waals surface area contributed by atoms with Gasteiger partial charge in [-0.1, -0.05) is 140 Å². The minimum Gasteiger partial charge on any atom is -0.456 e. The molecule has 0 saturated heterocycles. The van der Waals surface area contributed by atoms with Gasteiger partial charge < -0.3 is 13.6 Å². The maximum Gasteiger partial charge on any atom is 0.137 e. The van der Waals surface area contributed by atoms with E-state index in [2.05, 4.69) is 185 Å². The third-order valence-corrected chi connectivity index (χ3v) is 10.5. The first-order valence-corrected chi connectivity index (χ1v) is 17.4. The van der Waals surface area contributed by atoms with E-state index in [1.54, 1.807) is 0 Å². The van der Waals surface area contributed by atoms with Crippen LogP contribution in [0.3, 0.4) is 0 Å². The summed E-state index contributed by atoms with van der Waals surface area (Å²) < 4.78 is 11.4. The molecule has 0 aliphatic heterocycles. The van der Waals surface area contributed by atoms with Crippen molar-refractivity contribution in [2.45, 2.75) is 0 Å². The van der Waals surface area contributed by atoms with Crippen molar-refractivity contribution in [3.63, 3.8) is 0 Å². The predicted molar refractivity (Wildman–Crippen MR) is 213 cm³/mol. The summed E-state index contributed by atoms with van der Waals surface area (Å²) in [6.45, 7) is 0.